The number of aryl methyl sites for hydroxylation is 2. The lowest BCUT2D eigenvalue weighted by atomic mass is 10.0. The normalized spacial score (nSPS) is 15.8. The van der Waals surface area contributed by atoms with Crippen molar-refractivity contribution in [3.63, 3.8) is 0 Å². The van der Waals surface area contributed by atoms with Crippen LogP contribution in [0.4, 0.5) is 0 Å². The van der Waals surface area contributed by atoms with Gasteiger partial charge in [0.1, 0.15) is 5.82 Å². The highest BCUT2D eigenvalue weighted by atomic mass is 16.2. The van der Waals surface area contributed by atoms with E-state index in [-0.39, 0.29) is 18.4 Å². The number of carbonyl (C=O) groups is 2. The molecule has 1 aliphatic rings. The second-order valence-electron chi connectivity index (χ2n) is 7.24. The van der Waals surface area contributed by atoms with Crippen molar-refractivity contribution in [1.82, 2.24) is 19.9 Å². The second kappa shape index (κ2) is 7.34. The van der Waals surface area contributed by atoms with Crippen molar-refractivity contribution >= 4 is 11.8 Å². The molecule has 4 N–H and O–H groups in total. The van der Waals surface area contributed by atoms with E-state index in [9.17, 15) is 9.59 Å². The average molecular weight is 377 g/mol. The number of aromatic nitrogens is 3. The van der Waals surface area contributed by atoms with E-state index in [2.05, 4.69) is 14.9 Å². The quantitative estimate of drug-likeness (QED) is 0.633. The SMILES string of the molecule is Cc1c[nH]c(CC(N)=O)c1C(=O)NC1CCc2nc(-c3ccccc3)cn2C1. The molecule has 7 heteroatoms. The number of hydrogen-bond acceptors (Lipinski definition) is 3. The molecule has 28 heavy (non-hydrogen) atoms. The number of imidazole rings is 1. The maximum absolute atomic E-state index is 12.8. The number of primary amides is 1. The van der Waals surface area contributed by atoms with E-state index < -0.39 is 5.91 Å². The van der Waals surface area contributed by atoms with Crippen molar-refractivity contribution < 1.29 is 9.59 Å². The third-order valence-electron chi connectivity index (χ3n) is 5.13. The number of hydrogen-bond donors (Lipinski definition) is 3. The van der Waals surface area contributed by atoms with Crippen LogP contribution in [0, 0.1) is 6.92 Å². The van der Waals surface area contributed by atoms with Crippen molar-refractivity contribution in [2.45, 2.75) is 38.8 Å². The van der Waals surface area contributed by atoms with Gasteiger partial charge in [-0.2, -0.15) is 0 Å². The molecule has 1 atom stereocenters. The van der Waals surface area contributed by atoms with Gasteiger partial charge < -0.3 is 20.6 Å². The summed E-state index contributed by atoms with van der Waals surface area (Å²) in [6.07, 6.45) is 5.42. The Hall–Kier alpha value is -3.35. The molecule has 0 saturated heterocycles. The maximum Gasteiger partial charge on any atom is 0.253 e. The molecule has 0 saturated carbocycles. The van der Waals surface area contributed by atoms with Gasteiger partial charge in [-0.25, -0.2) is 4.98 Å². The summed E-state index contributed by atoms with van der Waals surface area (Å²) >= 11 is 0. The molecule has 1 aliphatic heterocycles. The molecule has 7 nitrogen and oxygen atoms in total. The van der Waals surface area contributed by atoms with Gasteiger partial charge in [0.25, 0.3) is 5.91 Å². The smallest absolute Gasteiger partial charge is 0.253 e. The zero-order valence-corrected chi connectivity index (χ0v) is 15.7. The van der Waals surface area contributed by atoms with Crippen LogP contribution >= 0.6 is 0 Å². The molecule has 0 radical (unpaired) electrons. The van der Waals surface area contributed by atoms with Crippen molar-refractivity contribution in [3.8, 4) is 11.3 Å². The summed E-state index contributed by atoms with van der Waals surface area (Å²) in [5, 5.41) is 3.11. The van der Waals surface area contributed by atoms with Crippen LogP contribution in [-0.2, 0) is 24.2 Å². The molecule has 1 aromatic carbocycles. The van der Waals surface area contributed by atoms with E-state index in [1.807, 2.05) is 43.5 Å². The van der Waals surface area contributed by atoms with Gasteiger partial charge in [0.15, 0.2) is 0 Å². The Morgan fingerprint density at radius 1 is 1.32 bits per heavy atom. The van der Waals surface area contributed by atoms with E-state index in [1.54, 1.807) is 6.20 Å². The Balaban J connectivity index is 1.48. The Labute approximate surface area is 163 Å². The van der Waals surface area contributed by atoms with E-state index in [1.165, 1.54) is 0 Å². The summed E-state index contributed by atoms with van der Waals surface area (Å²) in [7, 11) is 0. The molecular formula is C21H23N5O2. The monoisotopic (exact) mass is 377 g/mol. The van der Waals surface area contributed by atoms with E-state index in [0.717, 1.165) is 35.5 Å². The predicted molar refractivity (Wildman–Crippen MR) is 106 cm³/mol. The van der Waals surface area contributed by atoms with Crippen LogP contribution in [-0.4, -0.2) is 32.4 Å². The molecule has 0 spiro atoms. The summed E-state index contributed by atoms with van der Waals surface area (Å²) < 4.78 is 2.12. The van der Waals surface area contributed by atoms with Crippen molar-refractivity contribution in [3.05, 3.63) is 65.4 Å². The third-order valence-corrected chi connectivity index (χ3v) is 5.13. The Kier molecular flexibility index (Phi) is 4.73. The first-order valence-corrected chi connectivity index (χ1v) is 9.38. The molecular weight excluding hydrogens is 354 g/mol. The Morgan fingerprint density at radius 2 is 2.11 bits per heavy atom. The number of benzene rings is 1. The van der Waals surface area contributed by atoms with Gasteiger partial charge in [0, 0.05) is 42.7 Å². The van der Waals surface area contributed by atoms with Gasteiger partial charge in [-0.3, -0.25) is 9.59 Å². The maximum atomic E-state index is 12.8. The van der Waals surface area contributed by atoms with Crippen molar-refractivity contribution in [2.24, 2.45) is 5.73 Å². The van der Waals surface area contributed by atoms with Gasteiger partial charge >= 0.3 is 0 Å². The van der Waals surface area contributed by atoms with Crippen LogP contribution in [0.3, 0.4) is 0 Å². The van der Waals surface area contributed by atoms with Crippen molar-refractivity contribution in [2.75, 3.05) is 0 Å². The van der Waals surface area contributed by atoms with Gasteiger partial charge in [-0.05, 0) is 18.9 Å². The summed E-state index contributed by atoms with van der Waals surface area (Å²) in [5.74, 6) is 0.397. The lowest BCUT2D eigenvalue weighted by molar-refractivity contribution is -0.117. The fourth-order valence-electron chi connectivity index (χ4n) is 3.77. The highest BCUT2D eigenvalue weighted by Crippen LogP contribution is 2.23. The number of fused-ring (bicyclic) bond motifs is 1. The molecule has 2 amide bonds. The van der Waals surface area contributed by atoms with Gasteiger partial charge in [-0.15, -0.1) is 0 Å². The predicted octanol–water partition coefficient (Wildman–Crippen LogP) is 1.96. The molecule has 1 unspecified atom stereocenters. The Morgan fingerprint density at radius 3 is 2.86 bits per heavy atom. The standard InChI is InChI=1S/C21H23N5O2/c1-13-10-23-16(9-18(22)27)20(13)21(28)24-15-7-8-19-25-17(12-26(19)11-15)14-5-3-2-4-6-14/h2-6,10,12,15,23H,7-9,11H2,1H3,(H2,22,27)(H,24,28). The third kappa shape index (κ3) is 3.55. The minimum atomic E-state index is -0.468. The van der Waals surface area contributed by atoms with Gasteiger partial charge in [0.05, 0.1) is 17.7 Å². The topological polar surface area (TPSA) is 106 Å². The molecule has 4 rings (SSSR count). The number of rotatable bonds is 5. The lowest BCUT2D eigenvalue weighted by Crippen LogP contribution is -2.41. The summed E-state index contributed by atoms with van der Waals surface area (Å²) in [5.41, 5.74) is 9.21. The number of H-pyrrole nitrogens is 1. The minimum Gasteiger partial charge on any atom is -0.369 e. The number of carbonyl (C=O) groups excluding carboxylic acids is 2. The van der Waals surface area contributed by atoms with Gasteiger partial charge in [0.2, 0.25) is 5.91 Å². The molecule has 2 aromatic heterocycles. The fourth-order valence-corrected chi connectivity index (χ4v) is 3.77. The van der Waals surface area contributed by atoms with Crippen LogP contribution in [0.5, 0.6) is 0 Å². The number of nitrogens with one attached hydrogen (secondary N) is 2. The number of nitrogens with zero attached hydrogens (tertiary/aromatic N) is 2. The van der Waals surface area contributed by atoms with Crippen LogP contribution in [0.15, 0.2) is 42.7 Å². The molecule has 0 fully saturated rings. The molecule has 3 aromatic rings. The zero-order chi connectivity index (χ0) is 19.7. The van der Waals surface area contributed by atoms with E-state index in [0.29, 0.717) is 17.8 Å². The molecule has 0 bridgehead atoms. The molecule has 144 valence electrons. The molecule has 0 aliphatic carbocycles. The second-order valence-corrected chi connectivity index (χ2v) is 7.24. The largest absolute Gasteiger partial charge is 0.369 e. The zero-order valence-electron chi connectivity index (χ0n) is 15.7. The first-order valence-electron chi connectivity index (χ1n) is 9.38. The van der Waals surface area contributed by atoms with Gasteiger partial charge in [-0.1, -0.05) is 30.3 Å². The van der Waals surface area contributed by atoms with Crippen LogP contribution < -0.4 is 11.1 Å². The van der Waals surface area contributed by atoms with E-state index in [4.69, 9.17) is 10.7 Å². The van der Waals surface area contributed by atoms with Crippen LogP contribution in [0.1, 0.15) is 33.9 Å². The van der Waals surface area contributed by atoms with Crippen molar-refractivity contribution in [1.29, 1.82) is 0 Å². The number of amides is 2. The summed E-state index contributed by atoms with van der Waals surface area (Å²) in [6, 6.07) is 10.1. The lowest BCUT2D eigenvalue weighted by Gasteiger charge is -2.25. The Bertz CT molecular complexity index is 1020. The summed E-state index contributed by atoms with van der Waals surface area (Å²) in [4.78, 5) is 31.8. The first kappa shape index (κ1) is 18.0. The molecule has 3 heterocycles. The average Bonchev–Trinajstić information content (AvgIpc) is 3.25. The van der Waals surface area contributed by atoms with Crippen LogP contribution in [0.2, 0.25) is 0 Å². The first-order chi connectivity index (χ1) is 13.5. The number of nitrogens with two attached hydrogens (primary N) is 1. The highest BCUT2D eigenvalue weighted by molar-refractivity contribution is 5.98. The summed E-state index contributed by atoms with van der Waals surface area (Å²) in [6.45, 7) is 2.52. The fraction of sp³-hybridized carbons (Fsp3) is 0.286. The number of aromatic amines is 1. The minimum absolute atomic E-state index is 0.00792. The highest BCUT2D eigenvalue weighted by Gasteiger charge is 2.25. The van der Waals surface area contributed by atoms with E-state index >= 15 is 0 Å². The van der Waals surface area contributed by atoms with Crippen LogP contribution in [0.25, 0.3) is 11.3 Å².